The molecule has 1 aliphatic rings. The van der Waals surface area contributed by atoms with Crippen molar-refractivity contribution in [2.45, 2.75) is 0 Å². The molecule has 0 amide bonds. The van der Waals surface area contributed by atoms with E-state index < -0.39 is 0 Å². The number of aromatic nitrogens is 3. The van der Waals surface area contributed by atoms with Crippen LogP contribution in [0.4, 0.5) is 0 Å². The minimum Gasteiger partial charge on any atom is -0.508 e. The Bertz CT molecular complexity index is 1270. The van der Waals surface area contributed by atoms with Gasteiger partial charge in [0, 0.05) is 11.5 Å². The zero-order chi connectivity index (χ0) is 17.8. The van der Waals surface area contributed by atoms with E-state index in [9.17, 15) is 10.2 Å². The van der Waals surface area contributed by atoms with Crippen molar-refractivity contribution in [2.24, 2.45) is 0 Å². The van der Waals surface area contributed by atoms with Crippen LogP contribution in [0.5, 0.6) is 11.5 Å². The lowest BCUT2D eigenvalue weighted by atomic mass is 10.0. The number of benzene rings is 3. The van der Waals surface area contributed by atoms with Crippen LogP contribution in [-0.2, 0) is 0 Å². The minimum absolute atomic E-state index is 0.0108. The molecule has 26 heavy (non-hydrogen) atoms. The molecule has 0 fully saturated rings. The number of hydrogen-bond acceptors (Lipinski definition) is 4. The Kier molecular flexibility index (Phi) is 3.05. The maximum Gasteiger partial charge on any atom is 0.200 e. The van der Waals surface area contributed by atoms with Crippen LogP contribution in [0, 0.1) is 4.77 Å². The molecule has 0 bridgehead atoms. The van der Waals surface area contributed by atoms with Crippen molar-refractivity contribution in [3.05, 3.63) is 64.4 Å². The fraction of sp³-hybridized carbons (Fsp3) is 0. The van der Waals surface area contributed by atoms with E-state index in [1.165, 1.54) is 28.6 Å². The maximum atomic E-state index is 10.3. The first kappa shape index (κ1) is 14.9. The predicted octanol–water partition coefficient (Wildman–Crippen LogP) is 4.65. The normalized spacial score (nSPS) is 12.2. The number of rotatable bonds is 2. The van der Waals surface area contributed by atoms with Gasteiger partial charge in [-0.2, -0.15) is 5.10 Å². The molecule has 1 aromatic heterocycles. The lowest BCUT2D eigenvalue weighted by Gasteiger charge is -2.13. The van der Waals surface area contributed by atoms with E-state index in [0.29, 0.717) is 16.2 Å². The Balaban J connectivity index is 1.83. The Morgan fingerprint density at radius 1 is 0.962 bits per heavy atom. The summed E-state index contributed by atoms with van der Waals surface area (Å²) in [7, 11) is 0. The van der Waals surface area contributed by atoms with Gasteiger partial charge in [0.15, 0.2) is 10.6 Å². The average Bonchev–Trinajstić information content (AvgIpc) is 3.21. The molecule has 0 saturated carbocycles. The molecule has 126 valence electrons. The summed E-state index contributed by atoms with van der Waals surface area (Å²) in [4.78, 5) is 0. The van der Waals surface area contributed by atoms with Crippen molar-refractivity contribution in [3.8, 4) is 28.6 Å². The Morgan fingerprint density at radius 3 is 2.58 bits per heavy atom. The van der Waals surface area contributed by atoms with Gasteiger partial charge in [-0.25, -0.2) is 0 Å². The molecule has 0 radical (unpaired) electrons. The summed E-state index contributed by atoms with van der Waals surface area (Å²) in [5, 5.41) is 29.2. The summed E-state index contributed by atoms with van der Waals surface area (Å²) >= 11 is 5.47. The van der Waals surface area contributed by atoms with E-state index in [4.69, 9.17) is 12.2 Å². The molecule has 3 N–H and O–H groups in total. The number of phenolic OH excluding ortho intramolecular Hbond substituents is 2. The van der Waals surface area contributed by atoms with Gasteiger partial charge in [0.2, 0.25) is 0 Å². The second-order valence-electron chi connectivity index (χ2n) is 6.17. The number of nitrogens with zero attached hydrogens (tertiary/aromatic N) is 2. The van der Waals surface area contributed by atoms with Gasteiger partial charge in [0.25, 0.3) is 0 Å². The average molecular weight is 359 g/mol. The van der Waals surface area contributed by atoms with Crippen LogP contribution >= 0.6 is 12.2 Å². The van der Waals surface area contributed by atoms with Crippen molar-refractivity contribution in [2.75, 3.05) is 0 Å². The quantitative estimate of drug-likeness (QED) is 0.401. The summed E-state index contributed by atoms with van der Waals surface area (Å²) in [6, 6.07) is 14.6. The van der Waals surface area contributed by atoms with Crippen LogP contribution in [0.1, 0.15) is 11.1 Å². The van der Waals surface area contributed by atoms with Crippen LogP contribution in [0.25, 0.3) is 40.0 Å². The number of aromatic amines is 1. The van der Waals surface area contributed by atoms with E-state index in [-0.39, 0.29) is 11.5 Å². The molecule has 5 nitrogen and oxygen atoms in total. The fourth-order valence-corrected chi connectivity index (χ4v) is 3.74. The summed E-state index contributed by atoms with van der Waals surface area (Å²) in [6.07, 6.45) is 4.20. The van der Waals surface area contributed by atoms with E-state index in [0.717, 1.165) is 11.1 Å². The molecule has 4 aromatic rings. The summed E-state index contributed by atoms with van der Waals surface area (Å²) < 4.78 is 2.24. The van der Waals surface area contributed by atoms with Crippen molar-refractivity contribution in [1.29, 1.82) is 0 Å². The number of aromatic hydroxyl groups is 2. The van der Waals surface area contributed by atoms with Gasteiger partial charge in [0.1, 0.15) is 11.5 Å². The molecule has 1 aliphatic carbocycles. The lowest BCUT2D eigenvalue weighted by molar-refractivity contribution is 0.451. The van der Waals surface area contributed by atoms with Gasteiger partial charge in [-0.05, 0) is 46.9 Å². The van der Waals surface area contributed by atoms with Gasteiger partial charge >= 0.3 is 0 Å². The van der Waals surface area contributed by atoms with Gasteiger partial charge in [-0.3, -0.25) is 9.67 Å². The summed E-state index contributed by atoms with van der Waals surface area (Å²) in [6.45, 7) is 0. The van der Waals surface area contributed by atoms with E-state index in [1.807, 2.05) is 16.7 Å². The second kappa shape index (κ2) is 5.31. The smallest absolute Gasteiger partial charge is 0.200 e. The second-order valence-corrected chi connectivity index (χ2v) is 6.55. The molecule has 1 heterocycles. The predicted molar refractivity (Wildman–Crippen MR) is 104 cm³/mol. The van der Waals surface area contributed by atoms with Crippen LogP contribution < -0.4 is 0 Å². The molecule has 0 unspecified atom stereocenters. The van der Waals surface area contributed by atoms with E-state index in [2.05, 4.69) is 40.5 Å². The highest BCUT2D eigenvalue weighted by molar-refractivity contribution is 7.71. The molecule has 0 spiro atoms. The first-order chi connectivity index (χ1) is 12.6. The molecular formula is C20H13N3O2S. The Hall–Kier alpha value is -3.38. The highest BCUT2D eigenvalue weighted by Crippen LogP contribution is 2.37. The summed E-state index contributed by atoms with van der Waals surface area (Å²) in [5.74, 6) is 0.412. The van der Waals surface area contributed by atoms with Crippen molar-refractivity contribution in [3.63, 3.8) is 0 Å². The molecule has 0 atom stereocenters. The number of nitrogens with one attached hydrogen (secondary N) is 1. The standard InChI is InChI=1S/C20H13N3O2S/c24-13-7-8-15(17(25)10-13)19-21-22-20(26)23(19)16-9-6-12-5-4-11-2-1-3-14(16)18(11)12/h1-10,24-25H,(H,22,26). The monoisotopic (exact) mass is 359 g/mol. The van der Waals surface area contributed by atoms with Gasteiger partial charge in [-0.15, -0.1) is 0 Å². The van der Waals surface area contributed by atoms with E-state index in [1.54, 1.807) is 6.07 Å². The third-order valence-corrected chi connectivity index (χ3v) is 4.93. The third-order valence-electron chi connectivity index (χ3n) is 4.66. The summed E-state index contributed by atoms with van der Waals surface area (Å²) in [5.41, 5.74) is 3.71. The van der Waals surface area contributed by atoms with Crippen LogP contribution in [0.3, 0.4) is 0 Å². The number of H-pyrrole nitrogens is 1. The topological polar surface area (TPSA) is 74.1 Å². The van der Waals surface area contributed by atoms with Crippen LogP contribution in [0.2, 0.25) is 0 Å². The highest BCUT2D eigenvalue weighted by atomic mass is 32.1. The fourth-order valence-electron chi connectivity index (χ4n) is 3.51. The van der Waals surface area contributed by atoms with Gasteiger partial charge < -0.3 is 10.2 Å². The lowest BCUT2D eigenvalue weighted by Crippen LogP contribution is -1.99. The van der Waals surface area contributed by atoms with Crippen LogP contribution in [-0.4, -0.2) is 25.0 Å². The van der Waals surface area contributed by atoms with Gasteiger partial charge in [-0.1, -0.05) is 36.4 Å². The Morgan fingerprint density at radius 2 is 1.77 bits per heavy atom. The first-order valence-corrected chi connectivity index (χ1v) is 8.48. The Labute approximate surface area is 153 Å². The van der Waals surface area contributed by atoms with Crippen molar-refractivity contribution in [1.82, 2.24) is 14.8 Å². The molecule has 6 heteroatoms. The van der Waals surface area contributed by atoms with Crippen molar-refractivity contribution < 1.29 is 10.2 Å². The third kappa shape index (κ3) is 2.02. The molecule has 3 aromatic carbocycles. The van der Waals surface area contributed by atoms with Gasteiger partial charge in [0.05, 0.1) is 11.3 Å². The first-order valence-electron chi connectivity index (χ1n) is 8.07. The SMILES string of the molecule is Oc1ccc(-c2n[nH]c(=S)n2-c2ccc3c4c(cccc24)C=C3)c(O)c1. The zero-order valence-electron chi connectivity index (χ0n) is 13.5. The van der Waals surface area contributed by atoms with Crippen molar-refractivity contribution >= 4 is 35.1 Å². The molecule has 5 rings (SSSR count). The molecule has 0 saturated heterocycles. The molecule has 0 aliphatic heterocycles. The minimum atomic E-state index is -0.0622. The highest BCUT2D eigenvalue weighted by Gasteiger charge is 2.18. The molecular weight excluding hydrogens is 346 g/mol. The number of hydrogen-bond donors (Lipinski definition) is 3. The van der Waals surface area contributed by atoms with E-state index >= 15 is 0 Å². The zero-order valence-corrected chi connectivity index (χ0v) is 14.3. The number of phenols is 2. The largest absolute Gasteiger partial charge is 0.508 e. The maximum absolute atomic E-state index is 10.3. The van der Waals surface area contributed by atoms with Crippen LogP contribution in [0.15, 0.2) is 48.5 Å².